The van der Waals surface area contributed by atoms with Crippen molar-refractivity contribution in [2.45, 2.75) is 77.4 Å². The van der Waals surface area contributed by atoms with Crippen LogP contribution in [0.15, 0.2) is 36.7 Å². The first-order valence-corrected chi connectivity index (χ1v) is 12.1. The highest BCUT2D eigenvalue weighted by Gasteiger charge is 2.45. The summed E-state index contributed by atoms with van der Waals surface area (Å²) in [4.78, 5) is 33.2. The SMILES string of the molecule is CCCC1CCC(C(=O)Oc2ccc(-c3ncc(OC(=O)[C@@H]4O[C@@H]4CCC)cn3)cc2)CC1. The second kappa shape index (κ2) is 10.9. The van der Waals surface area contributed by atoms with Crippen molar-refractivity contribution in [2.75, 3.05) is 0 Å². The highest BCUT2D eigenvalue weighted by molar-refractivity contribution is 5.80. The molecule has 1 saturated heterocycles. The molecule has 0 bridgehead atoms. The van der Waals surface area contributed by atoms with Crippen molar-refractivity contribution in [2.24, 2.45) is 11.8 Å². The minimum Gasteiger partial charge on any atom is -0.426 e. The number of epoxide rings is 1. The molecular formula is C26H32N2O5. The van der Waals surface area contributed by atoms with E-state index in [9.17, 15) is 9.59 Å². The molecule has 7 heteroatoms. The van der Waals surface area contributed by atoms with Gasteiger partial charge >= 0.3 is 11.9 Å². The van der Waals surface area contributed by atoms with E-state index in [0.717, 1.165) is 50.0 Å². The van der Waals surface area contributed by atoms with Crippen LogP contribution in [0.4, 0.5) is 0 Å². The number of carbonyl (C=O) groups excluding carboxylic acids is 2. The van der Waals surface area contributed by atoms with Crippen molar-refractivity contribution in [1.29, 1.82) is 0 Å². The van der Waals surface area contributed by atoms with Gasteiger partial charge in [-0.1, -0.05) is 33.1 Å². The van der Waals surface area contributed by atoms with Crippen LogP contribution in [-0.2, 0) is 14.3 Å². The Labute approximate surface area is 194 Å². The molecule has 7 nitrogen and oxygen atoms in total. The minimum atomic E-state index is -0.480. The lowest BCUT2D eigenvalue weighted by molar-refractivity contribution is -0.140. The summed E-state index contributed by atoms with van der Waals surface area (Å²) in [6, 6.07) is 7.14. The van der Waals surface area contributed by atoms with E-state index in [1.165, 1.54) is 25.2 Å². The minimum absolute atomic E-state index is 0.00494. The van der Waals surface area contributed by atoms with Gasteiger partial charge in [-0.3, -0.25) is 4.79 Å². The molecule has 0 amide bonds. The summed E-state index contributed by atoms with van der Waals surface area (Å²) in [7, 11) is 0. The van der Waals surface area contributed by atoms with Crippen molar-refractivity contribution in [3.05, 3.63) is 36.7 Å². The molecule has 2 fully saturated rings. The number of rotatable bonds is 9. The first-order valence-electron chi connectivity index (χ1n) is 12.1. The number of ether oxygens (including phenoxy) is 3. The van der Waals surface area contributed by atoms with Crippen LogP contribution in [0.1, 0.15) is 65.2 Å². The van der Waals surface area contributed by atoms with Gasteiger partial charge in [-0.05, 0) is 62.3 Å². The monoisotopic (exact) mass is 452 g/mol. The van der Waals surface area contributed by atoms with E-state index < -0.39 is 12.1 Å². The maximum absolute atomic E-state index is 12.5. The zero-order chi connectivity index (χ0) is 23.2. The number of hydrogen-bond donors (Lipinski definition) is 0. The lowest BCUT2D eigenvalue weighted by atomic mass is 9.80. The van der Waals surface area contributed by atoms with E-state index in [0.29, 0.717) is 11.6 Å². The van der Waals surface area contributed by atoms with Crippen LogP contribution in [-0.4, -0.2) is 34.1 Å². The van der Waals surface area contributed by atoms with Crippen molar-refractivity contribution < 1.29 is 23.8 Å². The Morgan fingerprint density at radius 1 is 0.879 bits per heavy atom. The summed E-state index contributed by atoms with van der Waals surface area (Å²) >= 11 is 0. The Hall–Kier alpha value is -2.80. The number of aromatic nitrogens is 2. The quantitative estimate of drug-likeness (QED) is 0.296. The normalized spacial score (nSPS) is 24.2. The number of carbonyl (C=O) groups is 2. The molecule has 4 rings (SSSR count). The van der Waals surface area contributed by atoms with Crippen LogP contribution in [0, 0.1) is 11.8 Å². The predicted molar refractivity (Wildman–Crippen MR) is 123 cm³/mol. The molecule has 2 heterocycles. The molecule has 176 valence electrons. The third kappa shape index (κ3) is 6.16. The smallest absolute Gasteiger partial charge is 0.343 e. The maximum atomic E-state index is 12.5. The molecule has 0 radical (unpaired) electrons. The maximum Gasteiger partial charge on any atom is 0.343 e. The molecule has 0 spiro atoms. The number of nitrogens with zero attached hydrogens (tertiary/aromatic N) is 2. The van der Waals surface area contributed by atoms with E-state index in [-0.39, 0.29) is 23.7 Å². The fourth-order valence-corrected chi connectivity index (χ4v) is 4.51. The molecule has 2 aromatic rings. The molecule has 1 saturated carbocycles. The van der Waals surface area contributed by atoms with Gasteiger partial charge in [0.1, 0.15) is 5.75 Å². The van der Waals surface area contributed by atoms with Gasteiger partial charge < -0.3 is 14.2 Å². The van der Waals surface area contributed by atoms with E-state index in [4.69, 9.17) is 14.2 Å². The van der Waals surface area contributed by atoms with Crippen LogP contribution >= 0.6 is 0 Å². The number of hydrogen-bond acceptors (Lipinski definition) is 7. The lowest BCUT2D eigenvalue weighted by Crippen LogP contribution is -2.25. The average molecular weight is 453 g/mol. The molecule has 0 unspecified atom stereocenters. The summed E-state index contributed by atoms with van der Waals surface area (Å²) in [6.45, 7) is 4.26. The van der Waals surface area contributed by atoms with E-state index in [2.05, 4.69) is 16.9 Å². The van der Waals surface area contributed by atoms with E-state index >= 15 is 0 Å². The van der Waals surface area contributed by atoms with Crippen LogP contribution in [0.2, 0.25) is 0 Å². The topological polar surface area (TPSA) is 90.9 Å². The molecule has 1 aliphatic carbocycles. The van der Waals surface area contributed by atoms with Gasteiger partial charge in [0, 0.05) is 5.56 Å². The molecule has 0 N–H and O–H groups in total. The molecule has 2 atom stereocenters. The Bertz CT molecular complexity index is 936. The largest absolute Gasteiger partial charge is 0.426 e. The Kier molecular flexibility index (Phi) is 7.70. The van der Waals surface area contributed by atoms with Crippen molar-refractivity contribution in [3.8, 4) is 22.9 Å². The van der Waals surface area contributed by atoms with Crippen molar-refractivity contribution in [1.82, 2.24) is 9.97 Å². The fraction of sp³-hybridized carbons (Fsp3) is 0.538. The van der Waals surface area contributed by atoms with Gasteiger partial charge in [-0.25, -0.2) is 14.8 Å². The second-order valence-electron chi connectivity index (χ2n) is 9.00. The van der Waals surface area contributed by atoms with Crippen molar-refractivity contribution >= 4 is 11.9 Å². The summed E-state index contributed by atoms with van der Waals surface area (Å²) in [5, 5.41) is 0. The Morgan fingerprint density at radius 2 is 1.52 bits per heavy atom. The summed E-state index contributed by atoms with van der Waals surface area (Å²) in [6.07, 6.45) is 10.8. The van der Waals surface area contributed by atoms with Crippen LogP contribution in [0.3, 0.4) is 0 Å². The third-order valence-corrected chi connectivity index (χ3v) is 6.44. The third-order valence-electron chi connectivity index (χ3n) is 6.44. The first-order chi connectivity index (χ1) is 16.1. The Balaban J connectivity index is 1.27. The van der Waals surface area contributed by atoms with Crippen LogP contribution < -0.4 is 9.47 Å². The van der Waals surface area contributed by atoms with Crippen molar-refractivity contribution in [3.63, 3.8) is 0 Å². The predicted octanol–water partition coefficient (Wildman–Crippen LogP) is 5.13. The summed E-state index contributed by atoms with van der Waals surface area (Å²) < 4.78 is 16.2. The van der Waals surface area contributed by atoms with Gasteiger partial charge in [0.2, 0.25) is 0 Å². The zero-order valence-electron chi connectivity index (χ0n) is 19.4. The second-order valence-corrected chi connectivity index (χ2v) is 9.00. The molecule has 1 aromatic heterocycles. The number of esters is 2. The van der Waals surface area contributed by atoms with Gasteiger partial charge in [0.05, 0.1) is 24.4 Å². The fourth-order valence-electron chi connectivity index (χ4n) is 4.51. The zero-order valence-corrected chi connectivity index (χ0v) is 19.4. The van der Waals surface area contributed by atoms with Gasteiger partial charge in [0.15, 0.2) is 17.7 Å². The van der Waals surface area contributed by atoms with Gasteiger partial charge in [0.25, 0.3) is 0 Å². The summed E-state index contributed by atoms with van der Waals surface area (Å²) in [5.74, 6) is 1.51. The molecular weight excluding hydrogens is 420 g/mol. The average Bonchev–Trinajstić information content (AvgIpc) is 3.61. The summed E-state index contributed by atoms with van der Waals surface area (Å²) in [5.41, 5.74) is 0.779. The highest BCUT2D eigenvalue weighted by Crippen LogP contribution is 2.33. The highest BCUT2D eigenvalue weighted by atomic mass is 16.6. The van der Waals surface area contributed by atoms with Crippen LogP contribution in [0.5, 0.6) is 11.5 Å². The molecule has 2 aliphatic rings. The van der Waals surface area contributed by atoms with E-state index in [1.807, 2.05) is 19.1 Å². The standard InChI is InChI=1S/C26H32N2O5/c1-3-5-17-7-9-19(10-8-17)25(29)31-20-13-11-18(12-14-20)24-27-15-21(16-28-24)32-26(30)23-22(33-23)6-4-2/h11-17,19,22-23H,3-10H2,1-2H3/t17?,19?,22-,23-/m1/s1. The number of benzene rings is 1. The van der Waals surface area contributed by atoms with Gasteiger partial charge in [-0.2, -0.15) is 0 Å². The van der Waals surface area contributed by atoms with Crippen LogP contribution in [0.25, 0.3) is 11.4 Å². The lowest BCUT2D eigenvalue weighted by Gasteiger charge is -2.26. The molecule has 33 heavy (non-hydrogen) atoms. The van der Waals surface area contributed by atoms with Gasteiger partial charge in [-0.15, -0.1) is 0 Å². The molecule has 1 aromatic carbocycles. The first kappa shape index (κ1) is 23.4. The Morgan fingerprint density at radius 3 is 2.15 bits per heavy atom. The molecule has 1 aliphatic heterocycles. The van der Waals surface area contributed by atoms with E-state index in [1.54, 1.807) is 12.1 Å².